The van der Waals surface area contributed by atoms with Crippen molar-refractivity contribution in [2.75, 3.05) is 39.3 Å². The van der Waals surface area contributed by atoms with E-state index in [9.17, 15) is 10.2 Å². The molecule has 0 spiro atoms. The van der Waals surface area contributed by atoms with E-state index in [2.05, 4.69) is 23.6 Å². The lowest BCUT2D eigenvalue weighted by molar-refractivity contribution is 0.211. The average molecular weight is 494 g/mol. The molecule has 0 aromatic heterocycles. The summed E-state index contributed by atoms with van der Waals surface area (Å²) in [5, 5.41) is 20.8. The fraction of sp³-hybridized carbons (Fsp3) is 0.556. The Labute approximate surface area is 209 Å². The Morgan fingerprint density at radius 1 is 0.727 bits per heavy atom. The van der Waals surface area contributed by atoms with Crippen LogP contribution in [0.1, 0.15) is 68.9 Å². The summed E-state index contributed by atoms with van der Waals surface area (Å²) in [5.74, 6) is 1.48. The number of piperidine rings is 2. The number of halogens is 2. The highest BCUT2D eigenvalue weighted by Crippen LogP contribution is 2.38. The molecule has 0 aliphatic carbocycles. The molecule has 4 nitrogen and oxygen atoms in total. The number of hydrogen-bond donors (Lipinski definition) is 2. The van der Waals surface area contributed by atoms with Crippen molar-refractivity contribution in [1.29, 1.82) is 0 Å². The largest absolute Gasteiger partial charge is 0.506 e. The van der Waals surface area contributed by atoms with Gasteiger partial charge in [0.25, 0.3) is 0 Å². The summed E-state index contributed by atoms with van der Waals surface area (Å²) in [6, 6.07) is 11.3. The van der Waals surface area contributed by atoms with Crippen molar-refractivity contribution < 1.29 is 10.2 Å². The van der Waals surface area contributed by atoms with Crippen LogP contribution in [0.2, 0.25) is 10.0 Å². The zero-order valence-corrected chi connectivity index (χ0v) is 21.5. The number of nitrogens with zero attached hydrogens (tertiary/aromatic N) is 2. The van der Waals surface area contributed by atoms with Crippen LogP contribution in [0.5, 0.6) is 11.5 Å². The van der Waals surface area contributed by atoms with Gasteiger partial charge in [-0.25, -0.2) is 0 Å². The standard InChI is InChI=1S/C14H20ClNO.C13H18ClNO/c1-2-8-16-9-6-11(7-10-16)12-4-3-5-13(15)14(12)17;1-2-15-8-6-10(7-9-15)11-4-3-5-12(14)13(11)16/h3-5,11,17H,2,6-10H2,1H3;3-5,10,16H,2,6-9H2,1H3. The Morgan fingerprint density at radius 3 is 1.55 bits per heavy atom. The summed E-state index contributed by atoms with van der Waals surface area (Å²) in [7, 11) is 0. The molecule has 0 bridgehead atoms. The average Bonchev–Trinajstić information content (AvgIpc) is 2.84. The third kappa shape index (κ3) is 7.02. The van der Waals surface area contributed by atoms with Crippen molar-refractivity contribution >= 4 is 23.2 Å². The van der Waals surface area contributed by atoms with Gasteiger partial charge in [0.15, 0.2) is 0 Å². The van der Waals surface area contributed by atoms with E-state index < -0.39 is 0 Å². The predicted molar refractivity (Wildman–Crippen MR) is 139 cm³/mol. The van der Waals surface area contributed by atoms with Gasteiger partial charge in [0.1, 0.15) is 11.5 Å². The molecular weight excluding hydrogens is 455 g/mol. The van der Waals surface area contributed by atoms with Crippen LogP contribution in [-0.4, -0.2) is 59.3 Å². The maximum absolute atomic E-state index is 9.97. The van der Waals surface area contributed by atoms with Crippen LogP contribution in [0, 0.1) is 0 Å². The van der Waals surface area contributed by atoms with Gasteiger partial charge >= 0.3 is 0 Å². The molecule has 0 radical (unpaired) electrons. The van der Waals surface area contributed by atoms with E-state index in [1.807, 2.05) is 24.3 Å². The van der Waals surface area contributed by atoms with Gasteiger partial charge in [0, 0.05) is 0 Å². The van der Waals surface area contributed by atoms with Crippen LogP contribution in [0.3, 0.4) is 0 Å². The van der Waals surface area contributed by atoms with Crippen LogP contribution in [0.15, 0.2) is 36.4 Å². The number of aromatic hydroxyl groups is 2. The van der Waals surface area contributed by atoms with Gasteiger partial charge in [-0.15, -0.1) is 0 Å². The van der Waals surface area contributed by atoms with Crippen molar-refractivity contribution in [2.24, 2.45) is 0 Å². The monoisotopic (exact) mass is 492 g/mol. The molecule has 2 heterocycles. The molecule has 2 fully saturated rings. The maximum atomic E-state index is 9.97. The second kappa shape index (κ2) is 12.9. The number of para-hydroxylation sites is 2. The quantitative estimate of drug-likeness (QED) is 0.477. The van der Waals surface area contributed by atoms with Gasteiger partial charge in [-0.2, -0.15) is 0 Å². The SMILES string of the molecule is CCCN1CCC(c2cccc(Cl)c2O)CC1.CCN1CCC(c2cccc(Cl)c2O)CC1. The Morgan fingerprint density at radius 2 is 1.15 bits per heavy atom. The minimum atomic E-state index is 0.277. The topological polar surface area (TPSA) is 46.9 Å². The lowest BCUT2D eigenvalue weighted by Crippen LogP contribution is -2.33. The number of phenols is 2. The molecule has 0 saturated carbocycles. The number of benzene rings is 2. The zero-order valence-electron chi connectivity index (χ0n) is 19.9. The van der Waals surface area contributed by atoms with Crippen LogP contribution >= 0.6 is 23.2 Å². The first-order chi connectivity index (χ1) is 15.9. The third-order valence-corrected chi connectivity index (χ3v) is 7.69. The molecular formula is C27H38Cl2N2O2. The second-order valence-electron chi connectivity index (χ2n) is 9.18. The molecule has 2 aliphatic rings. The van der Waals surface area contributed by atoms with E-state index in [1.165, 1.54) is 13.0 Å². The Hall–Kier alpha value is -1.46. The number of likely N-dealkylation sites (tertiary alicyclic amines) is 2. The fourth-order valence-corrected chi connectivity index (χ4v) is 5.43. The van der Waals surface area contributed by atoms with Crippen molar-refractivity contribution in [1.82, 2.24) is 9.80 Å². The van der Waals surface area contributed by atoms with Crippen LogP contribution in [-0.2, 0) is 0 Å². The highest BCUT2D eigenvalue weighted by molar-refractivity contribution is 6.32. The minimum absolute atomic E-state index is 0.277. The summed E-state index contributed by atoms with van der Waals surface area (Å²) in [6.45, 7) is 11.2. The molecule has 2 aliphatic heterocycles. The van der Waals surface area contributed by atoms with Gasteiger partial charge in [-0.05, 0) is 106 Å². The smallest absolute Gasteiger partial charge is 0.137 e. The first-order valence-electron chi connectivity index (χ1n) is 12.3. The molecule has 33 heavy (non-hydrogen) atoms. The Bertz CT molecular complexity index is 876. The molecule has 0 atom stereocenters. The van der Waals surface area contributed by atoms with E-state index in [1.54, 1.807) is 12.1 Å². The van der Waals surface area contributed by atoms with Gasteiger partial charge in [-0.3, -0.25) is 0 Å². The van der Waals surface area contributed by atoms with E-state index in [-0.39, 0.29) is 11.5 Å². The summed E-state index contributed by atoms with van der Waals surface area (Å²) >= 11 is 11.9. The first kappa shape index (κ1) is 26.2. The van der Waals surface area contributed by atoms with Crippen molar-refractivity contribution in [3.05, 3.63) is 57.6 Å². The molecule has 4 rings (SSSR count). The third-order valence-electron chi connectivity index (χ3n) is 7.08. The van der Waals surface area contributed by atoms with Gasteiger partial charge in [0.2, 0.25) is 0 Å². The predicted octanol–water partition coefficient (Wildman–Crippen LogP) is 6.88. The maximum Gasteiger partial charge on any atom is 0.137 e. The molecule has 2 aromatic carbocycles. The zero-order chi connectivity index (χ0) is 23.8. The van der Waals surface area contributed by atoms with Crippen molar-refractivity contribution in [2.45, 2.75) is 57.8 Å². The first-order valence-corrected chi connectivity index (χ1v) is 13.1. The Balaban J connectivity index is 0.000000186. The molecule has 0 amide bonds. The lowest BCUT2D eigenvalue weighted by atomic mass is 9.89. The molecule has 2 aromatic rings. The normalized spacial score (nSPS) is 18.7. The summed E-state index contributed by atoms with van der Waals surface area (Å²) in [5.41, 5.74) is 2.04. The number of hydrogen-bond acceptors (Lipinski definition) is 4. The Kier molecular flexibility index (Phi) is 10.2. The van der Waals surface area contributed by atoms with Crippen LogP contribution in [0.25, 0.3) is 0 Å². The van der Waals surface area contributed by atoms with Crippen molar-refractivity contribution in [3.8, 4) is 11.5 Å². The van der Waals surface area contributed by atoms with E-state index in [0.29, 0.717) is 21.9 Å². The minimum Gasteiger partial charge on any atom is -0.506 e. The van der Waals surface area contributed by atoms with Gasteiger partial charge in [-0.1, -0.05) is 61.3 Å². The van der Waals surface area contributed by atoms with Gasteiger partial charge < -0.3 is 20.0 Å². The van der Waals surface area contributed by atoms with Crippen molar-refractivity contribution in [3.63, 3.8) is 0 Å². The van der Waals surface area contributed by atoms with Gasteiger partial charge in [0.05, 0.1) is 10.0 Å². The van der Waals surface area contributed by atoms with Crippen LogP contribution < -0.4 is 0 Å². The summed E-state index contributed by atoms with van der Waals surface area (Å²) < 4.78 is 0. The molecule has 182 valence electrons. The highest BCUT2D eigenvalue weighted by Gasteiger charge is 2.23. The van der Waals surface area contributed by atoms with E-state index in [4.69, 9.17) is 23.2 Å². The molecule has 6 heteroatoms. The van der Waals surface area contributed by atoms with Crippen LogP contribution in [0.4, 0.5) is 0 Å². The van der Waals surface area contributed by atoms with E-state index >= 15 is 0 Å². The molecule has 0 unspecified atom stereocenters. The summed E-state index contributed by atoms with van der Waals surface area (Å²) in [6.07, 6.45) is 5.68. The molecule has 2 saturated heterocycles. The number of rotatable bonds is 5. The second-order valence-corrected chi connectivity index (χ2v) is 9.99. The highest BCUT2D eigenvalue weighted by atomic mass is 35.5. The fourth-order valence-electron chi connectivity index (χ4n) is 5.07. The van der Waals surface area contributed by atoms with E-state index in [0.717, 1.165) is 69.5 Å². The number of phenolic OH excluding ortho intramolecular Hbond substituents is 2. The molecule has 2 N–H and O–H groups in total. The summed E-state index contributed by atoms with van der Waals surface area (Å²) in [4.78, 5) is 4.94. The lowest BCUT2D eigenvalue weighted by Gasteiger charge is -2.32.